The Balaban J connectivity index is 1.86. The molecule has 1 saturated heterocycles. The Labute approximate surface area is 217 Å². The van der Waals surface area contributed by atoms with Crippen LogP contribution < -0.4 is 15.5 Å². The molecule has 2 aromatic rings. The lowest BCUT2D eigenvalue weighted by atomic mass is 10.1. The Morgan fingerprint density at radius 3 is 2.78 bits per heavy atom. The SMILES string of the molecule is Cc1c(Br)cnc(N2CCCC(F)(F)CC2)c1C(=O)Nc1cccc(S(C)(=O)=NCCNC(=O)O)c1. The lowest BCUT2D eigenvalue weighted by molar-refractivity contribution is -0.0102. The van der Waals surface area contributed by atoms with Gasteiger partial charge in [-0.25, -0.2) is 27.1 Å². The maximum absolute atomic E-state index is 13.9. The molecule has 3 rings (SSSR count). The van der Waals surface area contributed by atoms with Gasteiger partial charge in [0.15, 0.2) is 0 Å². The third-order valence-electron chi connectivity index (χ3n) is 5.76. The molecule has 3 N–H and O–H groups in total. The standard InChI is InChI=1S/C23H28BrF2N5O4S/c1-15-18(24)14-28-20(31-11-4-7-23(25,26)8-12-31)19(15)21(32)30-16-5-3-6-17(13-16)36(2,35)29-10-9-27-22(33)34/h3,5-6,13-14,27H,4,7-12H2,1-2H3,(H,30,32)(H,33,34). The number of amides is 2. The molecule has 1 atom stereocenters. The van der Waals surface area contributed by atoms with Crippen LogP contribution in [-0.4, -0.2) is 64.7 Å². The van der Waals surface area contributed by atoms with Crippen molar-refractivity contribution in [3.63, 3.8) is 0 Å². The molecule has 0 bridgehead atoms. The first-order valence-corrected chi connectivity index (χ1v) is 14.0. The molecule has 36 heavy (non-hydrogen) atoms. The lowest BCUT2D eigenvalue weighted by Crippen LogP contribution is -2.30. The molecule has 0 saturated carbocycles. The fourth-order valence-electron chi connectivity index (χ4n) is 3.81. The molecule has 13 heteroatoms. The van der Waals surface area contributed by atoms with Crippen LogP contribution in [0.2, 0.25) is 0 Å². The Bertz CT molecular complexity index is 1270. The van der Waals surface area contributed by atoms with Crippen molar-refractivity contribution in [1.82, 2.24) is 10.3 Å². The molecule has 9 nitrogen and oxygen atoms in total. The first-order valence-electron chi connectivity index (χ1n) is 11.2. The van der Waals surface area contributed by atoms with E-state index < -0.39 is 27.7 Å². The molecule has 196 valence electrons. The minimum absolute atomic E-state index is 0.0248. The van der Waals surface area contributed by atoms with E-state index in [2.05, 4.69) is 35.9 Å². The number of halogens is 3. The Kier molecular flexibility index (Phi) is 8.88. The first kappa shape index (κ1) is 27.8. The van der Waals surface area contributed by atoms with E-state index in [9.17, 15) is 22.6 Å². The number of nitrogens with zero attached hydrogens (tertiary/aromatic N) is 3. The van der Waals surface area contributed by atoms with E-state index in [1.807, 2.05) is 0 Å². The van der Waals surface area contributed by atoms with E-state index in [-0.39, 0.29) is 44.5 Å². The number of rotatable bonds is 7. The predicted molar refractivity (Wildman–Crippen MR) is 138 cm³/mol. The average Bonchev–Trinajstić information content (AvgIpc) is 2.98. The quantitative estimate of drug-likeness (QED) is 0.401. The minimum atomic E-state index is -2.84. The molecule has 1 aromatic heterocycles. The van der Waals surface area contributed by atoms with E-state index in [0.29, 0.717) is 33.0 Å². The van der Waals surface area contributed by atoms with Crippen molar-refractivity contribution in [2.45, 2.75) is 37.0 Å². The highest BCUT2D eigenvalue weighted by Crippen LogP contribution is 2.33. The highest BCUT2D eigenvalue weighted by atomic mass is 79.9. The zero-order valence-electron chi connectivity index (χ0n) is 19.9. The number of hydrogen-bond acceptors (Lipinski definition) is 6. The normalized spacial score (nSPS) is 17.0. The van der Waals surface area contributed by atoms with Crippen LogP contribution in [0, 0.1) is 6.92 Å². The molecule has 0 spiro atoms. The van der Waals surface area contributed by atoms with Crippen molar-refractivity contribution in [2.24, 2.45) is 4.36 Å². The van der Waals surface area contributed by atoms with E-state index in [4.69, 9.17) is 5.11 Å². The van der Waals surface area contributed by atoms with Crippen molar-refractivity contribution in [3.8, 4) is 0 Å². The summed E-state index contributed by atoms with van der Waals surface area (Å²) < 4.78 is 45.6. The van der Waals surface area contributed by atoms with E-state index in [0.717, 1.165) is 0 Å². The summed E-state index contributed by atoms with van der Waals surface area (Å²) in [6, 6.07) is 6.42. The molecular formula is C23H28BrF2N5O4S. The summed E-state index contributed by atoms with van der Waals surface area (Å²) in [6.45, 7) is 2.23. The molecule has 1 fully saturated rings. The van der Waals surface area contributed by atoms with Crippen LogP contribution in [0.25, 0.3) is 0 Å². The van der Waals surface area contributed by atoms with Gasteiger partial charge in [0.25, 0.3) is 5.91 Å². The second-order valence-corrected chi connectivity index (χ2v) is 11.7. The molecule has 2 amide bonds. The van der Waals surface area contributed by atoms with Crippen LogP contribution >= 0.6 is 15.9 Å². The van der Waals surface area contributed by atoms with Gasteiger partial charge in [0.1, 0.15) is 5.82 Å². The van der Waals surface area contributed by atoms with Crippen molar-refractivity contribution < 1.29 is 27.7 Å². The third kappa shape index (κ3) is 7.12. The van der Waals surface area contributed by atoms with Gasteiger partial charge in [-0.1, -0.05) is 6.07 Å². The topological polar surface area (TPSA) is 124 Å². The van der Waals surface area contributed by atoms with Gasteiger partial charge in [-0.3, -0.25) is 4.79 Å². The minimum Gasteiger partial charge on any atom is -0.465 e. The fraction of sp³-hybridized carbons (Fsp3) is 0.435. The second kappa shape index (κ2) is 11.5. The smallest absolute Gasteiger partial charge is 0.404 e. The van der Waals surface area contributed by atoms with Gasteiger partial charge >= 0.3 is 6.09 Å². The van der Waals surface area contributed by atoms with Crippen LogP contribution in [-0.2, 0) is 9.73 Å². The highest BCUT2D eigenvalue weighted by Gasteiger charge is 2.33. The van der Waals surface area contributed by atoms with Crippen molar-refractivity contribution in [1.29, 1.82) is 0 Å². The summed E-state index contributed by atoms with van der Waals surface area (Å²) in [6.07, 6.45) is 1.55. The van der Waals surface area contributed by atoms with Crippen LogP contribution in [0.5, 0.6) is 0 Å². The second-order valence-electron chi connectivity index (χ2n) is 8.50. The fourth-order valence-corrected chi connectivity index (χ4v) is 5.38. The summed E-state index contributed by atoms with van der Waals surface area (Å²) in [5.41, 5.74) is 1.25. The predicted octanol–water partition coefficient (Wildman–Crippen LogP) is 4.75. The molecule has 0 aliphatic carbocycles. The number of carboxylic acid groups (broad SMARTS) is 1. The Morgan fingerprint density at radius 2 is 2.06 bits per heavy atom. The van der Waals surface area contributed by atoms with Gasteiger partial charge in [-0.05, 0) is 53.0 Å². The van der Waals surface area contributed by atoms with E-state index >= 15 is 0 Å². The zero-order valence-corrected chi connectivity index (χ0v) is 22.3. The number of benzene rings is 1. The van der Waals surface area contributed by atoms with Crippen LogP contribution in [0.4, 0.5) is 25.1 Å². The number of alkyl halides is 2. The largest absolute Gasteiger partial charge is 0.465 e. The zero-order chi connectivity index (χ0) is 26.5. The highest BCUT2D eigenvalue weighted by molar-refractivity contribution is 9.10. The third-order valence-corrected chi connectivity index (χ3v) is 8.36. The average molecular weight is 588 g/mol. The molecular weight excluding hydrogens is 560 g/mol. The van der Waals surface area contributed by atoms with Crippen LogP contribution in [0.1, 0.15) is 35.2 Å². The molecule has 0 radical (unpaired) electrons. The maximum atomic E-state index is 13.9. The van der Waals surface area contributed by atoms with Crippen LogP contribution in [0.15, 0.2) is 44.2 Å². The van der Waals surface area contributed by atoms with Gasteiger partial charge in [0.2, 0.25) is 5.92 Å². The van der Waals surface area contributed by atoms with Gasteiger partial charge in [0, 0.05) is 60.0 Å². The number of hydrogen-bond donors (Lipinski definition) is 3. The summed E-state index contributed by atoms with van der Waals surface area (Å²) >= 11 is 3.39. The van der Waals surface area contributed by atoms with E-state index in [1.165, 1.54) is 6.26 Å². The molecule has 1 aromatic carbocycles. The first-order chi connectivity index (χ1) is 16.9. The van der Waals surface area contributed by atoms with Crippen molar-refractivity contribution in [3.05, 3.63) is 46.1 Å². The number of aromatic nitrogens is 1. The van der Waals surface area contributed by atoms with Gasteiger partial charge < -0.3 is 20.6 Å². The Morgan fingerprint density at radius 1 is 1.31 bits per heavy atom. The van der Waals surface area contributed by atoms with Gasteiger partial charge in [-0.15, -0.1) is 0 Å². The molecule has 2 heterocycles. The van der Waals surface area contributed by atoms with E-state index in [1.54, 1.807) is 42.3 Å². The van der Waals surface area contributed by atoms with Crippen molar-refractivity contribution >= 4 is 49.2 Å². The summed E-state index contributed by atoms with van der Waals surface area (Å²) in [5.74, 6) is -2.89. The maximum Gasteiger partial charge on any atom is 0.404 e. The lowest BCUT2D eigenvalue weighted by Gasteiger charge is -2.25. The monoisotopic (exact) mass is 587 g/mol. The molecule has 1 aliphatic heterocycles. The van der Waals surface area contributed by atoms with Gasteiger partial charge in [0.05, 0.1) is 21.8 Å². The van der Waals surface area contributed by atoms with Crippen molar-refractivity contribution in [2.75, 3.05) is 42.7 Å². The number of carbonyl (C=O) groups excluding carboxylic acids is 1. The summed E-state index contributed by atoms with van der Waals surface area (Å²) in [7, 11) is -2.84. The number of anilines is 2. The van der Waals surface area contributed by atoms with Gasteiger partial charge in [-0.2, -0.15) is 0 Å². The Hall–Kier alpha value is -2.80. The summed E-state index contributed by atoms with van der Waals surface area (Å²) in [5, 5.41) is 13.6. The summed E-state index contributed by atoms with van der Waals surface area (Å²) in [4.78, 5) is 30.4. The van der Waals surface area contributed by atoms with Crippen LogP contribution in [0.3, 0.4) is 0 Å². The molecule has 1 aliphatic rings. The number of pyridine rings is 1. The molecule has 1 unspecified atom stereocenters. The number of nitrogens with one attached hydrogen (secondary N) is 2. The number of carbonyl (C=O) groups is 2.